The van der Waals surface area contributed by atoms with Crippen LogP contribution in [0.25, 0.3) is 0 Å². The topological polar surface area (TPSA) is 66.3 Å². The Labute approximate surface area is 117 Å². The molecule has 20 heavy (non-hydrogen) atoms. The summed E-state index contributed by atoms with van der Waals surface area (Å²) in [7, 11) is 1.98. The molecule has 0 spiro atoms. The fourth-order valence-corrected chi connectivity index (χ4v) is 1.99. The molecule has 0 bridgehead atoms. The van der Waals surface area contributed by atoms with E-state index in [4.69, 9.17) is 5.11 Å². The van der Waals surface area contributed by atoms with Crippen molar-refractivity contribution >= 4 is 5.97 Å². The fraction of sp³-hybridized carbons (Fsp3) is 0.267. The van der Waals surface area contributed by atoms with Gasteiger partial charge in [-0.15, -0.1) is 0 Å². The molecule has 1 aromatic carbocycles. The first-order valence-corrected chi connectivity index (χ1v) is 6.34. The number of hydrogen-bond acceptors (Lipinski definition) is 4. The van der Waals surface area contributed by atoms with Gasteiger partial charge in [0, 0.05) is 12.7 Å². The minimum atomic E-state index is -0.994. The number of carboxylic acid groups (broad SMARTS) is 1. The van der Waals surface area contributed by atoms with Crippen molar-refractivity contribution in [1.29, 1.82) is 0 Å². The summed E-state index contributed by atoms with van der Waals surface area (Å²) in [6, 6.07) is 10.1. The lowest BCUT2D eigenvalue weighted by molar-refractivity contribution is 0.0695. The van der Waals surface area contributed by atoms with Gasteiger partial charge in [-0.05, 0) is 19.5 Å². The van der Waals surface area contributed by atoms with E-state index in [-0.39, 0.29) is 5.56 Å². The van der Waals surface area contributed by atoms with Crippen LogP contribution in [0.3, 0.4) is 0 Å². The number of aromatic nitrogens is 2. The number of carbonyl (C=O) groups is 1. The van der Waals surface area contributed by atoms with Crippen LogP contribution in [0.4, 0.5) is 0 Å². The molecule has 0 atom stereocenters. The second kappa shape index (κ2) is 6.25. The van der Waals surface area contributed by atoms with Crippen molar-refractivity contribution in [2.45, 2.75) is 20.0 Å². The van der Waals surface area contributed by atoms with E-state index in [0.717, 1.165) is 6.54 Å². The van der Waals surface area contributed by atoms with Gasteiger partial charge >= 0.3 is 5.97 Å². The molecule has 0 aliphatic rings. The summed E-state index contributed by atoms with van der Waals surface area (Å²) >= 11 is 0. The largest absolute Gasteiger partial charge is 0.478 e. The zero-order valence-electron chi connectivity index (χ0n) is 11.6. The average molecular weight is 271 g/mol. The molecule has 1 N–H and O–H groups in total. The SMILES string of the molecule is Cc1nc(CN(C)Cc2ccccc2)ncc1C(=O)O. The van der Waals surface area contributed by atoms with Crippen LogP contribution < -0.4 is 0 Å². The number of benzene rings is 1. The Hall–Kier alpha value is -2.27. The van der Waals surface area contributed by atoms with Crippen LogP contribution in [0.15, 0.2) is 36.5 Å². The molecule has 0 unspecified atom stereocenters. The lowest BCUT2D eigenvalue weighted by Crippen LogP contribution is -2.19. The lowest BCUT2D eigenvalue weighted by Gasteiger charge is -2.16. The summed E-state index contributed by atoms with van der Waals surface area (Å²) in [6.45, 7) is 3.06. The molecule has 1 aromatic heterocycles. The molecule has 1 heterocycles. The third-order valence-electron chi connectivity index (χ3n) is 2.97. The van der Waals surface area contributed by atoms with E-state index in [9.17, 15) is 4.79 Å². The molecule has 2 aromatic rings. The third-order valence-corrected chi connectivity index (χ3v) is 2.97. The molecular weight excluding hydrogens is 254 g/mol. The highest BCUT2D eigenvalue weighted by Gasteiger charge is 2.11. The van der Waals surface area contributed by atoms with Gasteiger partial charge in [0.05, 0.1) is 17.8 Å². The molecule has 2 rings (SSSR count). The van der Waals surface area contributed by atoms with E-state index in [2.05, 4.69) is 27.0 Å². The number of carboxylic acids is 1. The summed E-state index contributed by atoms with van der Waals surface area (Å²) in [5, 5.41) is 8.94. The maximum absolute atomic E-state index is 10.9. The zero-order chi connectivity index (χ0) is 14.5. The Kier molecular flexibility index (Phi) is 4.42. The lowest BCUT2D eigenvalue weighted by atomic mass is 10.2. The second-order valence-electron chi connectivity index (χ2n) is 4.75. The first-order valence-electron chi connectivity index (χ1n) is 6.34. The molecule has 104 valence electrons. The molecule has 0 amide bonds. The van der Waals surface area contributed by atoms with E-state index in [1.54, 1.807) is 6.92 Å². The number of nitrogens with zero attached hydrogens (tertiary/aromatic N) is 3. The van der Waals surface area contributed by atoms with Gasteiger partial charge in [0.1, 0.15) is 5.82 Å². The number of hydrogen-bond donors (Lipinski definition) is 1. The van der Waals surface area contributed by atoms with Crippen LogP contribution in [0.1, 0.15) is 27.4 Å². The molecule has 0 aliphatic heterocycles. The average Bonchev–Trinajstić information content (AvgIpc) is 2.39. The fourth-order valence-electron chi connectivity index (χ4n) is 1.99. The molecular formula is C15H17N3O2. The summed E-state index contributed by atoms with van der Waals surface area (Å²) in [4.78, 5) is 21.3. The van der Waals surface area contributed by atoms with Gasteiger partial charge < -0.3 is 5.11 Å². The Morgan fingerprint density at radius 3 is 2.55 bits per heavy atom. The molecule has 0 radical (unpaired) electrons. The van der Waals surface area contributed by atoms with Crippen molar-refractivity contribution in [2.24, 2.45) is 0 Å². The maximum Gasteiger partial charge on any atom is 0.339 e. The van der Waals surface area contributed by atoms with E-state index >= 15 is 0 Å². The molecule has 0 saturated carbocycles. The molecule has 5 heteroatoms. The van der Waals surface area contributed by atoms with Crippen LogP contribution in [0.2, 0.25) is 0 Å². The highest BCUT2D eigenvalue weighted by molar-refractivity contribution is 5.88. The number of aromatic carboxylic acids is 1. The zero-order valence-corrected chi connectivity index (χ0v) is 11.6. The van der Waals surface area contributed by atoms with E-state index in [1.807, 2.05) is 25.2 Å². The van der Waals surface area contributed by atoms with Gasteiger partial charge in [-0.25, -0.2) is 14.8 Å². The second-order valence-corrected chi connectivity index (χ2v) is 4.75. The molecule has 0 fully saturated rings. The monoisotopic (exact) mass is 271 g/mol. The van der Waals surface area contributed by atoms with Crippen molar-refractivity contribution in [3.8, 4) is 0 Å². The molecule has 0 aliphatic carbocycles. The van der Waals surface area contributed by atoms with Crippen LogP contribution in [-0.2, 0) is 13.1 Å². The van der Waals surface area contributed by atoms with E-state index in [1.165, 1.54) is 11.8 Å². The Balaban J connectivity index is 2.03. The van der Waals surface area contributed by atoms with Crippen molar-refractivity contribution in [3.05, 3.63) is 59.2 Å². The van der Waals surface area contributed by atoms with Crippen LogP contribution in [0.5, 0.6) is 0 Å². The molecule has 0 saturated heterocycles. The van der Waals surface area contributed by atoms with Gasteiger partial charge in [-0.2, -0.15) is 0 Å². The van der Waals surface area contributed by atoms with Crippen LogP contribution >= 0.6 is 0 Å². The predicted octanol–water partition coefficient (Wildman–Crippen LogP) is 2.12. The predicted molar refractivity (Wildman–Crippen MR) is 75.3 cm³/mol. The first-order chi connectivity index (χ1) is 9.56. The smallest absolute Gasteiger partial charge is 0.339 e. The first kappa shape index (κ1) is 14.1. The third kappa shape index (κ3) is 3.61. The Morgan fingerprint density at radius 2 is 1.95 bits per heavy atom. The Morgan fingerprint density at radius 1 is 1.25 bits per heavy atom. The standard InChI is InChI=1S/C15H17N3O2/c1-11-13(15(19)20)8-16-14(17-11)10-18(2)9-12-6-4-3-5-7-12/h3-8H,9-10H2,1-2H3,(H,19,20). The van der Waals surface area contributed by atoms with Crippen molar-refractivity contribution in [2.75, 3.05) is 7.05 Å². The summed E-state index contributed by atoms with van der Waals surface area (Å²) < 4.78 is 0. The van der Waals surface area contributed by atoms with E-state index in [0.29, 0.717) is 18.1 Å². The van der Waals surface area contributed by atoms with Gasteiger partial charge in [-0.3, -0.25) is 4.90 Å². The minimum absolute atomic E-state index is 0.152. The summed E-state index contributed by atoms with van der Waals surface area (Å²) in [6.07, 6.45) is 1.37. The van der Waals surface area contributed by atoms with Gasteiger partial charge in [-0.1, -0.05) is 30.3 Å². The maximum atomic E-state index is 10.9. The van der Waals surface area contributed by atoms with Crippen LogP contribution in [0, 0.1) is 6.92 Å². The van der Waals surface area contributed by atoms with Crippen molar-refractivity contribution < 1.29 is 9.90 Å². The van der Waals surface area contributed by atoms with E-state index < -0.39 is 5.97 Å². The summed E-state index contributed by atoms with van der Waals surface area (Å²) in [5.74, 6) is -0.363. The number of rotatable bonds is 5. The van der Waals surface area contributed by atoms with Crippen molar-refractivity contribution in [3.63, 3.8) is 0 Å². The highest BCUT2D eigenvalue weighted by Crippen LogP contribution is 2.08. The van der Waals surface area contributed by atoms with Gasteiger partial charge in [0.25, 0.3) is 0 Å². The summed E-state index contributed by atoms with van der Waals surface area (Å²) in [5.41, 5.74) is 1.86. The number of aryl methyl sites for hydroxylation is 1. The van der Waals surface area contributed by atoms with Gasteiger partial charge in [0.2, 0.25) is 0 Å². The normalized spacial score (nSPS) is 10.8. The minimum Gasteiger partial charge on any atom is -0.478 e. The quantitative estimate of drug-likeness (QED) is 0.902. The molecule has 5 nitrogen and oxygen atoms in total. The highest BCUT2D eigenvalue weighted by atomic mass is 16.4. The van der Waals surface area contributed by atoms with Crippen molar-refractivity contribution in [1.82, 2.24) is 14.9 Å². The van der Waals surface area contributed by atoms with Crippen LogP contribution in [-0.4, -0.2) is 33.0 Å². The Bertz CT molecular complexity index is 599. The van der Waals surface area contributed by atoms with Gasteiger partial charge in [0.15, 0.2) is 0 Å².